The Morgan fingerprint density at radius 2 is 1.67 bits per heavy atom. The zero-order valence-corrected chi connectivity index (χ0v) is 7.57. The molecule has 0 amide bonds. The topological polar surface area (TPSA) is 43.4 Å². The zero-order valence-electron chi connectivity index (χ0n) is 5.60. The molecule has 0 aliphatic heterocycles. The summed E-state index contributed by atoms with van der Waals surface area (Å²) in [5.74, 6) is 0.322. The Labute approximate surface area is 85.8 Å². The molecule has 0 radical (unpaired) electrons. The second kappa shape index (κ2) is 4.89. The molecule has 0 aliphatic carbocycles. The first-order chi connectivity index (χ1) is 5.08. The van der Waals surface area contributed by atoms with Crippen molar-refractivity contribution in [3.63, 3.8) is 0 Å². The first-order valence-corrected chi connectivity index (χ1v) is 5.74. The van der Waals surface area contributed by atoms with E-state index in [4.69, 9.17) is 0 Å². The third kappa shape index (κ3) is 4.79. The second-order valence-corrected chi connectivity index (χ2v) is 4.77. The van der Waals surface area contributed by atoms with Crippen LogP contribution in [0.5, 0.6) is 5.75 Å². The molecule has 0 aliphatic rings. The molecule has 12 heavy (non-hydrogen) atoms. The molecule has 1 aromatic rings. The van der Waals surface area contributed by atoms with Crippen LogP contribution >= 0.6 is 8.44 Å². The van der Waals surface area contributed by atoms with E-state index in [0.717, 1.165) is 0 Å². The van der Waals surface area contributed by atoms with Gasteiger partial charge in [0.25, 0.3) is 0 Å². The molecule has 0 N–H and O–H groups in total. The number of benzene rings is 1. The molecule has 62 valence electrons. The molecule has 6 heteroatoms. The van der Waals surface area contributed by atoms with Gasteiger partial charge in [-0.25, -0.2) is 0 Å². The Bertz CT molecular complexity index is 324. The van der Waals surface area contributed by atoms with Gasteiger partial charge in [-0.05, 0) is 12.1 Å². The van der Waals surface area contributed by atoms with E-state index >= 15 is 0 Å². The van der Waals surface area contributed by atoms with Gasteiger partial charge in [0.05, 0.1) is 0 Å². The molecule has 1 unspecified atom stereocenters. The summed E-state index contributed by atoms with van der Waals surface area (Å²) in [4.78, 5) is 0. The Kier molecular flexibility index (Phi) is 4.89. The van der Waals surface area contributed by atoms with Gasteiger partial charge < -0.3 is 4.18 Å². The van der Waals surface area contributed by atoms with Crippen molar-refractivity contribution in [2.75, 3.05) is 0 Å². The zero-order chi connectivity index (χ0) is 8.32. The normalized spacial score (nSPS) is 10.1. The van der Waals surface area contributed by atoms with Crippen molar-refractivity contribution >= 4 is 37.0 Å². The maximum absolute atomic E-state index is 10.5. The fourth-order valence-electron chi connectivity index (χ4n) is 0.610. The minimum atomic E-state index is -3.46. The van der Waals surface area contributed by atoms with E-state index in [-0.39, 0.29) is 18.9 Å². The van der Waals surface area contributed by atoms with Crippen LogP contribution in [-0.2, 0) is 9.74 Å². The fraction of sp³-hybridized carbons (Fsp3) is 0. The molecular weight excluding hydrogens is 190 g/mol. The van der Waals surface area contributed by atoms with Crippen LogP contribution in [-0.4, -0.2) is 27.3 Å². The molecule has 0 bridgehead atoms. The van der Waals surface area contributed by atoms with Crippen LogP contribution in [0.4, 0.5) is 0 Å². The third-order valence-corrected chi connectivity index (χ3v) is 1.67. The molecule has 0 heterocycles. The fourth-order valence-corrected chi connectivity index (χ4v) is 1.32. The summed E-state index contributed by atoms with van der Waals surface area (Å²) in [6.45, 7) is 0. The van der Waals surface area contributed by atoms with Crippen molar-refractivity contribution in [3.05, 3.63) is 30.3 Å². The van der Waals surface area contributed by atoms with Crippen molar-refractivity contribution in [1.82, 2.24) is 0 Å². The van der Waals surface area contributed by atoms with Crippen LogP contribution in [0.15, 0.2) is 30.3 Å². The molecule has 1 atom stereocenters. The summed E-state index contributed by atoms with van der Waals surface area (Å²) in [5, 5.41) is 0. The molecule has 0 aromatic heterocycles. The maximum atomic E-state index is 10.5. The van der Waals surface area contributed by atoms with Gasteiger partial charge in [0.2, 0.25) is 0 Å². The van der Waals surface area contributed by atoms with Gasteiger partial charge in [-0.1, -0.05) is 18.2 Å². The van der Waals surface area contributed by atoms with Crippen LogP contribution in [0.1, 0.15) is 0 Å². The molecular formula is C6H8LiO3PS. The molecule has 0 saturated heterocycles. The van der Waals surface area contributed by atoms with E-state index in [1.807, 2.05) is 0 Å². The van der Waals surface area contributed by atoms with E-state index in [0.29, 0.717) is 5.75 Å². The molecule has 1 rings (SSSR count). The monoisotopic (exact) mass is 198 g/mol. The van der Waals surface area contributed by atoms with Crippen LogP contribution in [0.25, 0.3) is 0 Å². The molecule has 1 aromatic carbocycles. The Balaban J connectivity index is 0.00000121. The molecule has 3 nitrogen and oxygen atoms in total. The molecule has 0 saturated carbocycles. The number of rotatable bonds is 2. The minimum absolute atomic E-state index is 0. The van der Waals surface area contributed by atoms with Crippen LogP contribution in [0.2, 0.25) is 0 Å². The summed E-state index contributed by atoms with van der Waals surface area (Å²) in [6.07, 6.45) is 0. The van der Waals surface area contributed by atoms with E-state index in [1.54, 1.807) is 38.8 Å². The predicted octanol–water partition coefficient (Wildman–Crippen LogP) is 0.537. The first kappa shape index (κ1) is 12.0. The van der Waals surface area contributed by atoms with Gasteiger partial charge in [-0.3, -0.25) is 0 Å². The van der Waals surface area contributed by atoms with Crippen molar-refractivity contribution in [3.8, 4) is 5.75 Å². The third-order valence-electron chi connectivity index (χ3n) is 0.956. The summed E-state index contributed by atoms with van der Waals surface area (Å²) < 4.78 is 25.6. The number of hydrogen-bond donors (Lipinski definition) is 0. The van der Waals surface area contributed by atoms with Crippen LogP contribution < -0.4 is 4.18 Å². The quantitative estimate of drug-likeness (QED) is 0.514. The average Bonchev–Trinajstić information content (AvgIpc) is 1.85. The number of para-hydroxylation sites is 1. The van der Waals surface area contributed by atoms with Gasteiger partial charge in [-0.15, -0.1) is 0 Å². The Hall–Kier alpha value is -0.00260. The van der Waals surface area contributed by atoms with E-state index in [2.05, 4.69) is 4.18 Å². The van der Waals surface area contributed by atoms with Crippen LogP contribution in [0, 0.1) is 0 Å². The molecule has 0 fully saturated rings. The van der Waals surface area contributed by atoms with Crippen molar-refractivity contribution in [2.24, 2.45) is 0 Å². The Morgan fingerprint density at radius 1 is 1.17 bits per heavy atom. The Morgan fingerprint density at radius 3 is 2.08 bits per heavy atom. The first-order valence-electron chi connectivity index (χ1n) is 2.85. The average molecular weight is 198 g/mol. The summed E-state index contributed by atoms with van der Waals surface area (Å²) in [6, 6.07) is 8.32. The second-order valence-electron chi connectivity index (χ2n) is 1.89. The van der Waals surface area contributed by atoms with E-state index in [9.17, 15) is 8.42 Å². The summed E-state index contributed by atoms with van der Waals surface area (Å²) in [5.41, 5.74) is 0. The summed E-state index contributed by atoms with van der Waals surface area (Å²) >= 11 is 0. The van der Waals surface area contributed by atoms with Crippen molar-refractivity contribution in [2.45, 2.75) is 0 Å². The number of hydrogen-bond acceptors (Lipinski definition) is 3. The van der Waals surface area contributed by atoms with Gasteiger partial charge in [0.15, 0.2) is 0 Å². The summed E-state index contributed by atoms with van der Waals surface area (Å²) in [7, 11) is -1.85. The predicted molar refractivity (Wildman–Crippen MR) is 52.8 cm³/mol. The molecule has 0 spiro atoms. The standard InChI is InChI=1S/C6H7O3PS.Li.H/c7-11(8,10)9-6-4-2-1-3-5-6;;/h1-5H,10H2;;. The van der Waals surface area contributed by atoms with Gasteiger partial charge in [0, 0.05) is 8.44 Å². The van der Waals surface area contributed by atoms with E-state index < -0.39 is 9.74 Å². The van der Waals surface area contributed by atoms with Gasteiger partial charge in [0.1, 0.15) is 5.75 Å². The van der Waals surface area contributed by atoms with Crippen molar-refractivity contribution < 1.29 is 12.6 Å². The van der Waals surface area contributed by atoms with Gasteiger partial charge in [-0.2, -0.15) is 8.42 Å². The van der Waals surface area contributed by atoms with E-state index in [1.165, 1.54) is 0 Å². The van der Waals surface area contributed by atoms with Crippen molar-refractivity contribution in [1.29, 1.82) is 0 Å². The van der Waals surface area contributed by atoms with Gasteiger partial charge >= 0.3 is 28.6 Å². The SMILES string of the molecule is O=S(=O)(P)Oc1ccccc1.[LiH]. The van der Waals surface area contributed by atoms with Crippen LogP contribution in [0.3, 0.4) is 0 Å².